The highest BCUT2D eigenvalue weighted by molar-refractivity contribution is 5.81. The molecule has 0 amide bonds. The largest absolute Gasteiger partial charge is 0.623 e. The van der Waals surface area contributed by atoms with E-state index in [-0.39, 0.29) is 17.0 Å². The maximum absolute atomic E-state index is 11.6. The molecule has 0 fully saturated rings. The molecule has 0 unspecified atom stereocenters. The second-order valence-electron chi connectivity index (χ2n) is 4.63. The molecule has 0 radical (unpaired) electrons. The highest BCUT2D eigenvalue weighted by atomic mass is 16.6. The van der Waals surface area contributed by atoms with E-state index < -0.39 is 10.5 Å². The Kier molecular flexibility index (Phi) is 3.36. The van der Waals surface area contributed by atoms with Gasteiger partial charge in [0.15, 0.2) is 11.8 Å². The van der Waals surface area contributed by atoms with Crippen LogP contribution >= 0.6 is 0 Å². The summed E-state index contributed by atoms with van der Waals surface area (Å²) < 4.78 is 0.645. The van der Waals surface area contributed by atoms with Crippen LogP contribution in [0.2, 0.25) is 0 Å². The number of rotatable bonds is 2. The quantitative estimate of drug-likeness (QED) is 0.280. The van der Waals surface area contributed by atoms with E-state index in [9.17, 15) is 20.4 Å². The molecule has 6 heteroatoms. The number of nitrogens with zero attached hydrogens (tertiary/aromatic N) is 2. The van der Waals surface area contributed by atoms with Crippen molar-refractivity contribution in [2.45, 2.75) is 26.3 Å². The first kappa shape index (κ1) is 13.0. The summed E-state index contributed by atoms with van der Waals surface area (Å²) in [6, 6.07) is 3.53. The minimum Gasteiger partial charge on any atom is -0.623 e. The van der Waals surface area contributed by atoms with Crippen molar-refractivity contribution in [2.24, 2.45) is 0 Å². The van der Waals surface area contributed by atoms with Gasteiger partial charge in [0, 0.05) is 32.9 Å². The van der Waals surface area contributed by atoms with Crippen LogP contribution in [0.25, 0.3) is 0 Å². The molecule has 6 nitrogen and oxygen atoms in total. The molecule has 0 atom stereocenters. The van der Waals surface area contributed by atoms with Gasteiger partial charge in [-0.25, -0.2) is 4.74 Å². The van der Waals surface area contributed by atoms with Gasteiger partial charge in [-0.05, 0) is 6.07 Å². The lowest BCUT2D eigenvalue weighted by molar-refractivity contribution is -0.530. The number of hydroxylamine groups is 1. The maximum Gasteiger partial charge on any atom is 0.270 e. The Morgan fingerprint density at radius 1 is 1.29 bits per heavy atom. The van der Waals surface area contributed by atoms with Crippen molar-refractivity contribution in [2.75, 3.05) is 0 Å². The van der Waals surface area contributed by atoms with E-state index in [1.54, 1.807) is 20.8 Å². The molecule has 1 N–H and O–H groups in total. The predicted molar refractivity (Wildman–Crippen MR) is 63.3 cm³/mol. The number of hydrogen-bond acceptors (Lipinski definition) is 4. The van der Waals surface area contributed by atoms with Crippen LogP contribution in [-0.4, -0.2) is 26.5 Å². The molecular formula is C11H14N2O4. The summed E-state index contributed by atoms with van der Waals surface area (Å²) in [5.41, 5.74) is -0.711. The SMILES string of the molecule is CC(C)(C)[N+]([O-])=Cc1cc([N+](=O)[O-])ccc1O. The van der Waals surface area contributed by atoms with Crippen molar-refractivity contribution in [1.29, 1.82) is 0 Å². The van der Waals surface area contributed by atoms with E-state index in [0.717, 1.165) is 12.3 Å². The average Bonchev–Trinajstić information content (AvgIpc) is 2.19. The number of phenolic OH excluding ortho intramolecular Hbond substituents is 1. The Labute approximate surface area is 98.6 Å². The summed E-state index contributed by atoms with van der Waals surface area (Å²) in [5.74, 6) is -0.166. The van der Waals surface area contributed by atoms with Crippen LogP contribution in [0.3, 0.4) is 0 Å². The summed E-state index contributed by atoms with van der Waals surface area (Å²) in [6.07, 6.45) is 1.14. The molecular weight excluding hydrogens is 224 g/mol. The third-order valence-electron chi connectivity index (χ3n) is 2.14. The normalized spacial score (nSPS) is 12.5. The summed E-state index contributed by atoms with van der Waals surface area (Å²) >= 11 is 0. The number of hydrogen-bond donors (Lipinski definition) is 1. The van der Waals surface area contributed by atoms with Crippen molar-refractivity contribution in [3.63, 3.8) is 0 Å². The summed E-state index contributed by atoms with van der Waals surface area (Å²) in [7, 11) is 0. The molecule has 0 aliphatic rings. The number of nitro groups is 1. The van der Waals surface area contributed by atoms with Crippen molar-refractivity contribution < 1.29 is 14.8 Å². The Morgan fingerprint density at radius 3 is 2.35 bits per heavy atom. The Hall–Kier alpha value is -2.11. The van der Waals surface area contributed by atoms with Crippen LogP contribution in [0, 0.1) is 15.3 Å². The summed E-state index contributed by atoms with van der Waals surface area (Å²) in [4.78, 5) is 9.99. The van der Waals surface area contributed by atoms with Gasteiger partial charge in [-0.2, -0.15) is 0 Å². The predicted octanol–water partition coefficient (Wildman–Crippen LogP) is 2.03. The number of phenols is 1. The topological polar surface area (TPSA) is 89.4 Å². The van der Waals surface area contributed by atoms with E-state index in [1.807, 2.05) is 0 Å². The molecule has 0 aromatic heterocycles. The Morgan fingerprint density at radius 2 is 1.88 bits per heavy atom. The molecule has 0 saturated heterocycles. The minimum absolute atomic E-state index is 0.129. The van der Waals surface area contributed by atoms with Crippen LogP contribution in [0.4, 0.5) is 5.69 Å². The van der Waals surface area contributed by atoms with Crippen molar-refractivity contribution in [1.82, 2.24) is 0 Å². The molecule has 0 saturated carbocycles. The summed E-state index contributed by atoms with van der Waals surface area (Å²) in [5, 5.41) is 31.7. The second kappa shape index (κ2) is 4.40. The highest BCUT2D eigenvalue weighted by Gasteiger charge is 2.19. The van der Waals surface area contributed by atoms with E-state index in [0.29, 0.717) is 4.74 Å². The summed E-state index contributed by atoms with van der Waals surface area (Å²) in [6.45, 7) is 5.10. The third-order valence-corrected chi connectivity index (χ3v) is 2.14. The van der Waals surface area contributed by atoms with Gasteiger partial charge in [-0.1, -0.05) is 0 Å². The van der Waals surface area contributed by atoms with Gasteiger partial charge in [0.1, 0.15) is 5.75 Å². The van der Waals surface area contributed by atoms with Crippen molar-refractivity contribution >= 4 is 11.9 Å². The smallest absolute Gasteiger partial charge is 0.270 e. The molecule has 0 spiro atoms. The van der Waals surface area contributed by atoms with Crippen LogP contribution in [-0.2, 0) is 0 Å². The fourth-order valence-corrected chi connectivity index (χ4v) is 1.08. The molecule has 1 aromatic carbocycles. The van der Waals surface area contributed by atoms with Gasteiger partial charge >= 0.3 is 0 Å². The standard InChI is InChI=1S/C11H14N2O4/c1-11(2,3)12(15)7-8-6-9(13(16)17)4-5-10(8)14/h4-7,14H,1-3H3. The van der Waals surface area contributed by atoms with E-state index >= 15 is 0 Å². The fraction of sp³-hybridized carbons (Fsp3) is 0.364. The minimum atomic E-state index is -0.670. The Bertz CT molecular complexity index is 475. The lowest BCUT2D eigenvalue weighted by atomic mass is 10.1. The first-order valence-electron chi connectivity index (χ1n) is 5.00. The molecule has 0 aliphatic heterocycles. The van der Waals surface area contributed by atoms with Gasteiger partial charge in [0.05, 0.1) is 10.5 Å². The van der Waals surface area contributed by atoms with Crippen LogP contribution in [0.5, 0.6) is 5.75 Å². The average molecular weight is 238 g/mol. The maximum atomic E-state index is 11.6. The van der Waals surface area contributed by atoms with E-state index in [4.69, 9.17) is 0 Å². The van der Waals surface area contributed by atoms with Gasteiger partial charge in [-0.15, -0.1) is 0 Å². The second-order valence-corrected chi connectivity index (χ2v) is 4.63. The van der Waals surface area contributed by atoms with Crippen molar-refractivity contribution in [3.8, 4) is 5.75 Å². The molecule has 0 bridgehead atoms. The molecule has 0 aliphatic carbocycles. The molecule has 1 aromatic rings. The molecule has 92 valence electrons. The van der Waals surface area contributed by atoms with Crippen molar-refractivity contribution in [3.05, 3.63) is 39.1 Å². The van der Waals surface area contributed by atoms with Gasteiger partial charge in [-0.3, -0.25) is 10.1 Å². The number of nitro benzene ring substituents is 1. The molecule has 17 heavy (non-hydrogen) atoms. The Balaban J connectivity index is 3.23. The molecule has 1 rings (SSSR count). The van der Waals surface area contributed by atoms with E-state index in [1.165, 1.54) is 12.1 Å². The van der Waals surface area contributed by atoms with Gasteiger partial charge in [0.2, 0.25) is 0 Å². The number of non-ortho nitro benzene ring substituents is 1. The lowest BCUT2D eigenvalue weighted by Crippen LogP contribution is -2.29. The number of benzene rings is 1. The fourth-order valence-electron chi connectivity index (χ4n) is 1.08. The first-order valence-corrected chi connectivity index (χ1v) is 5.00. The lowest BCUT2D eigenvalue weighted by Gasteiger charge is -2.18. The highest BCUT2D eigenvalue weighted by Crippen LogP contribution is 2.21. The van der Waals surface area contributed by atoms with E-state index in [2.05, 4.69) is 0 Å². The van der Waals surface area contributed by atoms with Gasteiger partial charge < -0.3 is 10.3 Å². The first-order chi connectivity index (χ1) is 7.71. The zero-order valence-electron chi connectivity index (χ0n) is 9.88. The zero-order chi connectivity index (χ0) is 13.2. The van der Waals surface area contributed by atoms with Crippen LogP contribution < -0.4 is 0 Å². The van der Waals surface area contributed by atoms with Crippen LogP contribution in [0.1, 0.15) is 26.3 Å². The monoisotopic (exact) mass is 238 g/mol. The third kappa shape index (κ3) is 3.17. The number of aromatic hydroxyl groups is 1. The molecule has 0 heterocycles. The van der Waals surface area contributed by atoms with Crippen LogP contribution in [0.15, 0.2) is 18.2 Å². The zero-order valence-corrected chi connectivity index (χ0v) is 9.88. The van der Waals surface area contributed by atoms with Gasteiger partial charge in [0.25, 0.3) is 5.69 Å².